The van der Waals surface area contributed by atoms with Gasteiger partial charge in [-0.3, -0.25) is 0 Å². The quantitative estimate of drug-likeness (QED) is 0.543. The van der Waals surface area contributed by atoms with Crippen molar-refractivity contribution in [2.75, 3.05) is 0 Å². The topological polar surface area (TPSA) is 0 Å². The van der Waals surface area contributed by atoms with Crippen molar-refractivity contribution in [3.05, 3.63) is 54.3 Å². The van der Waals surface area contributed by atoms with Crippen molar-refractivity contribution in [2.24, 2.45) is 5.41 Å². The van der Waals surface area contributed by atoms with Crippen LogP contribution in [0.25, 0.3) is 0 Å². The first kappa shape index (κ1) is 14.3. The Kier molecular flexibility index (Phi) is 4.15. The maximum atomic E-state index is 4.47. The molecule has 0 radical (unpaired) electrons. The summed E-state index contributed by atoms with van der Waals surface area (Å²) in [5.74, 6) is 0. The molecule has 0 amide bonds. The van der Waals surface area contributed by atoms with Crippen LogP contribution in [0, 0.1) is 5.41 Å². The Hall–Kier alpha value is -1.08. The fourth-order valence-electron chi connectivity index (χ4n) is 2.99. The highest BCUT2D eigenvalue weighted by Crippen LogP contribution is 2.38. The molecule has 102 valence electrons. The Labute approximate surface area is 119 Å². The second-order valence-electron chi connectivity index (χ2n) is 6.72. The molecular weight excluding hydrogens is 244 g/mol. The van der Waals surface area contributed by atoms with Crippen molar-refractivity contribution in [2.45, 2.75) is 45.7 Å². The smallest absolute Gasteiger partial charge is 0.103 e. The maximum absolute atomic E-state index is 4.47. The molecule has 1 aliphatic rings. The van der Waals surface area contributed by atoms with Crippen molar-refractivity contribution < 1.29 is 0 Å². The summed E-state index contributed by atoms with van der Waals surface area (Å²) in [5, 5.41) is 2.98. The Bertz CT molecular complexity index is 470. The fourth-order valence-corrected chi connectivity index (χ4v) is 5.27. The minimum atomic E-state index is -1.54. The van der Waals surface area contributed by atoms with Gasteiger partial charge >= 0.3 is 0 Å². The second-order valence-corrected chi connectivity index (χ2v) is 11.3. The third kappa shape index (κ3) is 3.27. The van der Waals surface area contributed by atoms with Gasteiger partial charge in [-0.25, -0.2) is 0 Å². The molecule has 0 saturated heterocycles. The summed E-state index contributed by atoms with van der Waals surface area (Å²) < 4.78 is 0. The lowest BCUT2D eigenvalue weighted by atomic mass is 9.78. The summed E-state index contributed by atoms with van der Waals surface area (Å²) in [6.45, 7) is 11.7. The van der Waals surface area contributed by atoms with E-state index in [0.717, 1.165) is 6.42 Å². The van der Waals surface area contributed by atoms with E-state index in [-0.39, 0.29) is 0 Å². The molecule has 1 aromatic rings. The third-order valence-corrected chi connectivity index (χ3v) is 8.36. The molecule has 0 heterocycles. The number of allylic oxidation sites excluding steroid dienone is 3. The molecule has 1 aliphatic carbocycles. The lowest BCUT2D eigenvalue weighted by molar-refractivity contribution is 0.366. The number of rotatable bonds is 4. The molecule has 1 unspecified atom stereocenters. The average Bonchev–Trinajstić information content (AvgIpc) is 2.40. The molecule has 0 N–H and O–H groups in total. The predicted molar refractivity (Wildman–Crippen MR) is 88.4 cm³/mol. The maximum Gasteiger partial charge on any atom is 0.106 e. The van der Waals surface area contributed by atoms with Crippen LogP contribution >= 0.6 is 0 Å². The van der Waals surface area contributed by atoms with Gasteiger partial charge in [-0.2, -0.15) is 0 Å². The Morgan fingerprint density at radius 3 is 2.53 bits per heavy atom. The zero-order chi connectivity index (χ0) is 13.9. The van der Waals surface area contributed by atoms with E-state index in [1.807, 2.05) is 0 Å². The number of hydrogen-bond donors (Lipinski definition) is 0. The van der Waals surface area contributed by atoms with Crippen LogP contribution in [0.15, 0.2) is 54.3 Å². The molecule has 1 atom stereocenters. The zero-order valence-electron chi connectivity index (χ0n) is 12.6. The van der Waals surface area contributed by atoms with Gasteiger partial charge in [0.1, 0.15) is 8.07 Å². The molecule has 19 heavy (non-hydrogen) atoms. The van der Waals surface area contributed by atoms with Gasteiger partial charge in [0.2, 0.25) is 0 Å². The van der Waals surface area contributed by atoms with Crippen molar-refractivity contribution in [1.82, 2.24) is 0 Å². The lowest BCUT2D eigenvalue weighted by Gasteiger charge is -2.35. The normalized spacial score (nSPS) is 23.3. The van der Waals surface area contributed by atoms with Gasteiger partial charge in [0, 0.05) is 0 Å². The molecular formula is C18H26Si. The van der Waals surface area contributed by atoms with Gasteiger partial charge in [-0.1, -0.05) is 72.9 Å². The average molecular weight is 270 g/mol. The Morgan fingerprint density at radius 1 is 1.26 bits per heavy atom. The van der Waals surface area contributed by atoms with Crippen LogP contribution in [0.2, 0.25) is 13.1 Å². The summed E-state index contributed by atoms with van der Waals surface area (Å²) in [6, 6.07) is 11.0. The summed E-state index contributed by atoms with van der Waals surface area (Å²) in [7, 11) is -1.54. The van der Waals surface area contributed by atoms with E-state index < -0.39 is 8.07 Å². The summed E-state index contributed by atoms with van der Waals surface area (Å²) in [4.78, 5) is 0. The van der Waals surface area contributed by atoms with Crippen LogP contribution in [-0.4, -0.2) is 8.07 Å². The van der Waals surface area contributed by atoms with E-state index in [0.29, 0.717) is 5.41 Å². The van der Waals surface area contributed by atoms with E-state index in [4.69, 9.17) is 0 Å². The fraction of sp³-hybridized carbons (Fsp3) is 0.444. The van der Waals surface area contributed by atoms with Crippen LogP contribution < -0.4 is 5.19 Å². The van der Waals surface area contributed by atoms with Gasteiger partial charge in [-0.05, 0) is 31.1 Å². The first-order chi connectivity index (χ1) is 8.94. The molecule has 0 bridgehead atoms. The molecule has 1 heteroatoms. The zero-order valence-corrected chi connectivity index (χ0v) is 13.6. The lowest BCUT2D eigenvalue weighted by Crippen LogP contribution is -2.44. The minimum absolute atomic E-state index is 0.342. The molecule has 0 aromatic heterocycles. The minimum Gasteiger partial charge on any atom is -0.103 e. The highest BCUT2D eigenvalue weighted by atomic mass is 28.3. The van der Waals surface area contributed by atoms with Crippen molar-refractivity contribution >= 4 is 13.3 Å². The predicted octanol–water partition coefficient (Wildman–Crippen LogP) is 4.83. The van der Waals surface area contributed by atoms with E-state index in [2.05, 4.69) is 69.1 Å². The summed E-state index contributed by atoms with van der Waals surface area (Å²) in [5.41, 5.74) is 0.342. The van der Waals surface area contributed by atoms with Crippen LogP contribution in [0.5, 0.6) is 0 Å². The summed E-state index contributed by atoms with van der Waals surface area (Å²) in [6.07, 6.45) is 9.82. The van der Waals surface area contributed by atoms with Gasteiger partial charge < -0.3 is 0 Å². The molecule has 0 spiro atoms. The summed E-state index contributed by atoms with van der Waals surface area (Å²) >= 11 is 0. The van der Waals surface area contributed by atoms with E-state index in [1.165, 1.54) is 29.6 Å². The van der Waals surface area contributed by atoms with Gasteiger partial charge in [0.25, 0.3) is 0 Å². The largest absolute Gasteiger partial charge is 0.106 e. The van der Waals surface area contributed by atoms with Crippen molar-refractivity contribution in [3.63, 3.8) is 0 Å². The monoisotopic (exact) mass is 270 g/mol. The molecule has 0 nitrogen and oxygen atoms in total. The van der Waals surface area contributed by atoms with E-state index >= 15 is 0 Å². The first-order valence-corrected chi connectivity index (χ1v) is 10.4. The highest BCUT2D eigenvalue weighted by molar-refractivity contribution is 6.95. The second kappa shape index (κ2) is 5.50. The highest BCUT2D eigenvalue weighted by Gasteiger charge is 2.32. The number of benzene rings is 1. The van der Waals surface area contributed by atoms with E-state index in [9.17, 15) is 0 Å². The molecule has 0 saturated carbocycles. The molecule has 0 fully saturated rings. The van der Waals surface area contributed by atoms with Crippen LogP contribution in [0.1, 0.15) is 32.6 Å². The van der Waals surface area contributed by atoms with Crippen LogP contribution in [0.4, 0.5) is 0 Å². The SMILES string of the molecule is C=C(CC1(C)C=CCCC1)[Si](C)(C)c1ccccc1. The number of hydrogen-bond acceptors (Lipinski definition) is 0. The molecule has 2 rings (SSSR count). The first-order valence-electron chi connectivity index (χ1n) is 7.36. The third-order valence-electron chi connectivity index (χ3n) is 4.64. The van der Waals surface area contributed by atoms with Gasteiger partial charge in [-0.15, -0.1) is 6.58 Å². The van der Waals surface area contributed by atoms with Gasteiger partial charge in [0.05, 0.1) is 0 Å². The van der Waals surface area contributed by atoms with Crippen molar-refractivity contribution in [1.29, 1.82) is 0 Å². The van der Waals surface area contributed by atoms with Crippen molar-refractivity contribution in [3.8, 4) is 0 Å². The van der Waals surface area contributed by atoms with E-state index in [1.54, 1.807) is 0 Å². The Balaban J connectivity index is 2.15. The molecule has 0 aliphatic heterocycles. The standard InChI is InChI=1S/C18H26Si/c1-16(15-18(2)13-9-6-10-14-18)19(3,4)17-11-7-5-8-12-17/h5,7-9,11-13H,1,6,10,14-15H2,2-4H3. The van der Waals surface area contributed by atoms with Crippen LogP contribution in [-0.2, 0) is 0 Å². The van der Waals surface area contributed by atoms with Crippen LogP contribution in [0.3, 0.4) is 0 Å². The van der Waals surface area contributed by atoms with Gasteiger partial charge in [0.15, 0.2) is 0 Å². The molecule has 1 aromatic carbocycles. The Morgan fingerprint density at radius 2 is 1.95 bits per heavy atom.